The van der Waals surface area contributed by atoms with E-state index in [0.29, 0.717) is 16.7 Å². The van der Waals surface area contributed by atoms with Crippen molar-refractivity contribution in [1.82, 2.24) is 14.5 Å². The maximum absolute atomic E-state index is 13.1. The summed E-state index contributed by atoms with van der Waals surface area (Å²) in [5.74, 6) is 0.806. The van der Waals surface area contributed by atoms with E-state index in [1.54, 1.807) is 11.7 Å². The average Bonchev–Trinajstić information content (AvgIpc) is 2.70. The zero-order valence-corrected chi connectivity index (χ0v) is 16.8. The Bertz CT molecular complexity index is 1040. The zero-order chi connectivity index (χ0) is 19.4. The van der Waals surface area contributed by atoms with Gasteiger partial charge in [0.05, 0.1) is 24.1 Å². The van der Waals surface area contributed by atoms with Crippen LogP contribution < -0.4 is 10.3 Å². The molecular weight excluding hydrogens is 358 g/mol. The second-order valence-electron chi connectivity index (χ2n) is 6.41. The summed E-state index contributed by atoms with van der Waals surface area (Å²) in [4.78, 5) is 18.6. The molecule has 5 nitrogen and oxygen atoms in total. The lowest BCUT2D eigenvalue weighted by Crippen LogP contribution is -2.35. The number of para-hydroxylation sites is 1. The van der Waals surface area contributed by atoms with Gasteiger partial charge in [0.15, 0.2) is 4.77 Å². The first-order valence-corrected chi connectivity index (χ1v) is 9.59. The Hall–Kier alpha value is -2.44. The Morgan fingerprint density at radius 3 is 2.59 bits per heavy atom. The number of fused-ring (bicyclic) bond motifs is 1. The molecule has 0 fully saturated rings. The molecule has 1 heterocycles. The van der Waals surface area contributed by atoms with Crippen LogP contribution in [0.15, 0.2) is 53.3 Å². The van der Waals surface area contributed by atoms with E-state index in [1.165, 1.54) is 0 Å². The summed E-state index contributed by atoms with van der Waals surface area (Å²) in [6.07, 6.45) is 0. The smallest absolute Gasteiger partial charge is 0.262 e. The maximum atomic E-state index is 13.1. The highest BCUT2D eigenvalue weighted by Crippen LogP contribution is 2.26. The van der Waals surface area contributed by atoms with Crippen LogP contribution in [0.2, 0.25) is 0 Å². The molecule has 27 heavy (non-hydrogen) atoms. The highest BCUT2D eigenvalue weighted by Gasteiger charge is 2.21. The fourth-order valence-corrected chi connectivity index (χ4v) is 3.75. The second kappa shape index (κ2) is 8.50. The van der Waals surface area contributed by atoms with Crippen LogP contribution in [-0.2, 0) is 6.54 Å². The van der Waals surface area contributed by atoms with E-state index in [4.69, 9.17) is 17.0 Å². The predicted molar refractivity (Wildman–Crippen MR) is 112 cm³/mol. The number of rotatable bonds is 7. The topological polar surface area (TPSA) is 50.3 Å². The molecule has 3 rings (SSSR count). The Kier molecular flexibility index (Phi) is 6.08. The van der Waals surface area contributed by atoms with Gasteiger partial charge in [-0.1, -0.05) is 38.1 Å². The van der Waals surface area contributed by atoms with Gasteiger partial charge < -0.3 is 9.72 Å². The van der Waals surface area contributed by atoms with Crippen molar-refractivity contribution < 1.29 is 4.74 Å². The SMILES string of the molecule is CCN(CC)C(Cn1c(=S)[nH]c2ccccc2c1=O)c1cccc(OC)c1. The van der Waals surface area contributed by atoms with E-state index < -0.39 is 0 Å². The van der Waals surface area contributed by atoms with Crippen molar-refractivity contribution >= 4 is 23.1 Å². The fraction of sp³-hybridized carbons (Fsp3) is 0.333. The monoisotopic (exact) mass is 383 g/mol. The molecule has 0 saturated heterocycles. The third kappa shape index (κ3) is 3.96. The van der Waals surface area contributed by atoms with Crippen molar-refractivity contribution in [3.05, 3.63) is 69.2 Å². The first-order chi connectivity index (χ1) is 13.1. The van der Waals surface area contributed by atoms with E-state index in [2.05, 4.69) is 29.8 Å². The van der Waals surface area contributed by atoms with Gasteiger partial charge in [-0.3, -0.25) is 14.3 Å². The van der Waals surface area contributed by atoms with Crippen molar-refractivity contribution in [3.8, 4) is 5.75 Å². The van der Waals surface area contributed by atoms with E-state index in [0.717, 1.165) is 29.9 Å². The Labute approximate surface area is 164 Å². The molecule has 0 saturated carbocycles. The number of benzene rings is 2. The van der Waals surface area contributed by atoms with Crippen LogP contribution in [-0.4, -0.2) is 34.7 Å². The van der Waals surface area contributed by atoms with Gasteiger partial charge in [-0.05, 0) is 55.1 Å². The number of nitrogens with zero attached hydrogens (tertiary/aromatic N) is 2. The number of hydrogen-bond acceptors (Lipinski definition) is 4. The summed E-state index contributed by atoms with van der Waals surface area (Å²) in [5, 5.41) is 0.648. The minimum Gasteiger partial charge on any atom is -0.497 e. The van der Waals surface area contributed by atoms with Gasteiger partial charge >= 0.3 is 0 Å². The number of nitrogens with one attached hydrogen (secondary N) is 1. The number of aromatic nitrogens is 2. The van der Waals surface area contributed by atoms with Crippen LogP contribution in [0.1, 0.15) is 25.5 Å². The van der Waals surface area contributed by atoms with Crippen molar-refractivity contribution in [2.45, 2.75) is 26.4 Å². The Morgan fingerprint density at radius 1 is 1.15 bits per heavy atom. The normalized spacial score (nSPS) is 12.4. The van der Waals surface area contributed by atoms with Gasteiger partial charge in [0.1, 0.15) is 5.75 Å². The molecule has 142 valence electrons. The maximum Gasteiger partial charge on any atom is 0.262 e. The van der Waals surface area contributed by atoms with Crippen LogP contribution >= 0.6 is 12.2 Å². The van der Waals surface area contributed by atoms with Crippen molar-refractivity contribution in [2.24, 2.45) is 0 Å². The molecule has 2 aromatic carbocycles. The number of H-pyrrole nitrogens is 1. The molecule has 0 radical (unpaired) electrons. The second-order valence-corrected chi connectivity index (χ2v) is 6.79. The lowest BCUT2D eigenvalue weighted by molar-refractivity contribution is 0.195. The molecule has 3 aromatic rings. The minimum absolute atomic E-state index is 0.0177. The molecule has 1 N–H and O–H groups in total. The third-order valence-electron chi connectivity index (χ3n) is 4.98. The Balaban J connectivity index is 2.11. The summed E-state index contributed by atoms with van der Waals surface area (Å²) in [5.41, 5.74) is 1.81. The van der Waals surface area contributed by atoms with Crippen LogP contribution in [0.25, 0.3) is 10.9 Å². The number of likely N-dealkylation sites (N-methyl/N-ethyl adjacent to an activating group) is 1. The lowest BCUT2D eigenvalue weighted by atomic mass is 10.0. The Morgan fingerprint density at radius 2 is 1.89 bits per heavy atom. The molecular formula is C21H25N3O2S. The van der Waals surface area contributed by atoms with Crippen LogP contribution in [0.5, 0.6) is 5.75 Å². The quantitative estimate of drug-likeness (QED) is 0.623. The van der Waals surface area contributed by atoms with Crippen LogP contribution in [0.4, 0.5) is 0 Å². The number of hydrogen-bond donors (Lipinski definition) is 1. The van der Waals surface area contributed by atoms with Crippen molar-refractivity contribution in [3.63, 3.8) is 0 Å². The van der Waals surface area contributed by atoms with E-state index in [-0.39, 0.29) is 11.6 Å². The zero-order valence-electron chi connectivity index (χ0n) is 15.9. The highest BCUT2D eigenvalue weighted by atomic mass is 32.1. The van der Waals surface area contributed by atoms with Gasteiger partial charge in [0.2, 0.25) is 0 Å². The minimum atomic E-state index is -0.0607. The molecule has 6 heteroatoms. The first-order valence-electron chi connectivity index (χ1n) is 9.18. The standard InChI is InChI=1S/C21H25N3O2S/c1-4-23(5-2)19(15-9-8-10-16(13-15)26-3)14-24-20(25)17-11-6-7-12-18(17)22-21(24)27/h6-13,19H,4-5,14H2,1-3H3,(H,22,27). The van der Waals surface area contributed by atoms with Gasteiger partial charge in [-0.15, -0.1) is 0 Å². The van der Waals surface area contributed by atoms with Crippen LogP contribution in [0, 0.1) is 4.77 Å². The fourth-order valence-electron chi connectivity index (χ4n) is 3.48. The average molecular weight is 384 g/mol. The summed E-state index contributed by atoms with van der Waals surface area (Å²) in [6.45, 7) is 6.48. The highest BCUT2D eigenvalue weighted by molar-refractivity contribution is 7.71. The number of ether oxygens (including phenoxy) is 1. The van der Waals surface area contributed by atoms with Crippen molar-refractivity contribution in [2.75, 3.05) is 20.2 Å². The van der Waals surface area contributed by atoms with Gasteiger partial charge in [-0.2, -0.15) is 0 Å². The third-order valence-corrected chi connectivity index (χ3v) is 5.30. The molecule has 1 aromatic heterocycles. The molecule has 1 unspecified atom stereocenters. The molecule has 0 aliphatic carbocycles. The molecule has 0 amide bonds. The molecule has 0 spiro atoms. The van der Waals surface area contributed by atoms with E-state index in [1.807, 2.05) is 42.5 Å². The number of methoxy groups -OCH3 is 1. The summed E-state index contributed by atoms with van der Waals surface area (Å²) in [7, 11) is 1.66. The van der Waals surface area contributed by atoms with Gasteiger partial charge in [0, 0.05) is 6.54 Å². The van der Waals surface area contributed by atoms with Gasteiger partial charge in [-0.25, -0.2) is 0 Å². The first kappa shape index (κ1) is 19.3. The summed E-state index contributed by atoms with van der Waals surface area (Å²) < 4.78 is 7.50. The summed E-state index contributed by atoms with van der Waals surface area (Å²) >= 11 is 5.51. The lowest BCUT2D eigenvalue weighted by Gasteiger charge is -2.30. The molecule has 0 aliphatic heterocycles. The molecule has 1 atom stereocenters. The molecule has 0 aliphatic rings. The summed E-state index contributed by atoms with van der Waals surface area (Å²) in [6, 6.07) is 15.5. The van der Waals surface area contributed by atoms with E-state index >= 15 is 0 Å². The van der Waals surface area contributed by atoms with E-state index in [9.17, 15) is 4.79 Å². The number of aromatic amines is 1. The van der Waals surface area contributed by atoms with Crippen LogP contribution in [0.3, 0.4) is 0 Å². The van der Waals surface area contributed by atoms with Gasteiger partial charge in [0.25, 0.3) is 5.56 Å². The largest absolute Gasteiger partial charge is 0.497 e. The van der Waals surface area contributed by atoms with Crippen molar-refractivity contribution in [1.29, 1.82) is 0 Å². The molecule has 0 bridgehead atoms. The predicted octanol–water partition coefficient (Wildman–Crippen LogP) is 4.15.